The van der Waals surface area contributed by atoms with Crippen molar-refractivity contribution in [3.63, 3.8) is 0 Å². The molecule has 1 unspecified atom stereocenters. The van der Waals surface area contributed by atoms with Crippen molar-refractivity contribution in [1.82, 2.24) is 4.90 Å². The summed E-state index contributed by atoms with van der Waals surface area (Å²) in [6, 6.07) is 21.8. The average molecular weight is 560 g/mol. The molecular formula is C34H41NO6. The van der Waals surface area contributed by atoms with E-state index in [0.717, 1.165) is 54.8 Å². The van der Waals surface area contributed by atoms with Crippen molar-refractivity contribution >= 4 is 11.9 Å². The fourth-order valence-electron chi connectivity index (χ4n) is 5.27. The number of hydrogen-bond donors (Lipinski definition) is 2. The molecule has 1 aliphatic heterocycles. The van der Waals surface area contributed by atoms with Gasteiger partial charge in [0, 0.05) is 31.0 Å². The summed E-state index contributed by atoms with van der Waals surface area (Å²) in [6.07, 6.45) is 3.05. The van der Waals surface area contributed by atoms with Gasteiger partial charge in [0.15, 0.2) is 0 Å². The monoisotopic (exact) mass is 559 g/mol. The van der Waals surface area contributed by atoms with Gasteiger partial charge >= 0.3 is 11.9 Å². The topological polar surface area (TPSA) is 96.3 Å². The number of unbranched alkanes of at least 4 members (excludes halogenated alkanes) is 1. The fourth-order valence-corrected chi connectivity index (χ4v) is 5.27. The Balaban J connectivity index is 1.47. The number of hydrogen-bond acceptors (Lipinski definition) is 5. The maximum Gasteiger partial charge on any atom is 0.335 e. The SMILES string of the molecule is CC(C)(C)c1ccc(COc2ccccc2CCN(CCCCC(=O)O)C2CCOc3cc(C(=O)O)ccc32)cc1. The molecule has 1 atom stereocenters. The number of aliphatic carboxylic acids is 1. The quantitative estimate of drug-likeness (QED) is 0.220. The molecule has 0 amide bonds. The lowest BCUT2D eigenvalue weighted by atomic mass is 9.87. The molecule has 0 saturated carbocycles. The first-order valence-corrected chi connectivity index (χ1v) is 14.4. The van der Waals surface area contributed by atoms with E-state index < -0.39 is 11.9 Å². The molecule has 0 saturated heterocycles. The van der Waals surface area contributed by atoms with E-state index in [-0.39, 0.29) is 23.4 Å². The third kappa shape index (κ3) is 8.33. The van der Waals surface area contributed by atoms with Gasteiger partial charge in [-0.05, 0) is 66.1 Å². The van der Waals surface area contributed by atoms with Crippen molar-refractivity contribution < 1.29 is 29.3 Å². The number of rotatable bonds is 13. The number of nitrogens with zero attached hydrogens (tertiary/aromatic N) is 1. The van der Waals surface area contributed by atoms with Gasteiger partial charge in [0.2, 0.25) is 0 Å². The van der Waals surface area contributed by atoms with E-state index in [1.807, 2.05) is 24.3 Å². The Bertz CT molecular complexity index is 1330. The van der Waals surface area contributed by atoms with Gasteiger partial charge in [-0.25, -0.2) is 4.79 Å². The molecule has 1 heterocycles. The molecule has 0 aromatic heterocycles. The molecule has 3 aromatic rings. The van der Waals surface area contributed by atoms with E-state index in [4.69, 9.17) is 14.6 Å². The van der Waals surface area contributed by atoms with Crippen LogP contribution in [0.5, 0.6) is 11.5 Å². The zero-order chi connectivity index (χ0) is 29.4. The van der Waals surface area contributed by atoms with Crippen LogP contribution in [0.4, 0.5) is 0 Å². The highest BCUT2D eigenvalue weighted by atomic mass is 16.5. The summed E-state index contributed by atoms with van der Waals surface area (Å²) in [5.74, 6) is -0.298. The molecule has 41 heavy (non-hydrogen) atoms. The molecule has 218 valence electrons. The van der Waals surface area contributed by atoms with Gasteiger partial charge in [-0.3, -0.25) is 9.69 Å². The summed E-state index contributed by atoms with van der Waals surface area (Å²) in [6.45, 7) is 9.09. The molecule has 0 radical (unpaired) electrons. The maximum absolute atomic E-state index is 11.5. The molecule has 3 aromatic carbocycles. The summed E-state index contributed by atoms with van der Waals surface area (Å²) in [5.41, 5.74) is 4.81. The number of ether oxygens (including phenoxy) is 2. The van der Waals surface area contributed by atoms with Crippen molar-refractivity contribution in [2.75, 3.05) is 19.7 Å². The van der Waals surface area contributed by atoms with Gasteiger partial charge in [0.25, 0.3) is 0 Å². The Labute approximate surface area is 242 Å². The Morgan fingerprint density at radius 2 is 1.73 bits per heavy atom. The summed E-state index contributed by atoms with van der Waals surface area (Å²) >= 11 is 0. The molecule has 0 spiro atoms. The molecule has 0 fully saturated rings. The minimum atomic E-state index is -0.981. The van der Waals surface area contributed by atoms with Crippen LogP contribution in [0.1, 0.15) is 85.1 Å². The van der Waals surface area contributed by atoms with Crippen LogP contribution in [-0.4, -0.2) is 46.7 Å². The highest BCUT2D eigenvalue weighted by molar-refractivity contribution is 5.88. The summed E-state index contributed by atoms with van der Waals surface area (Å²) in [5, 5.41) is 18.5. The standard InChI is InChI=1S/C34H41NO6/c1-34(2,3)27-14-11-24(12-15-27)23-41-30-9-5-4-8-25(30)17-20-35(19-7-6-10-32(36)37)29-18-21-40-31-22-26(33(38)39)13-16-28(29)31/h4-5,8-9,11-16,22,29H,6-7,10,17-21,23H2,1-3H3,(H,36,37)(H,38,39). The lowest BCUT2D eigenvalue weighted by molar-refractivity contribution is -0.137. The Kier molecular flexibility index (Phi) is 10.1. The van der Waals surface area contributed by atoms with Crippen LogP contribution < -0.4 is 9.47 Å². The van der Waals surface area contributed by atoms with Gasteiger partial charge in [-0.1, -0.05) is 69.3 Å². The number of carboxylic acids is 2. The second-order valence-corrected chi connectivity index (χ2v) is 11.7. The Morgan fingerprint density at radius 1 is 0.976 bits per heavy atom. The Hall–Kier alpha value is -3.84. The van der Waals surface area contributed by atoms with E-state index in [1.165, 1.54) is 5.56 Å². The summed E-state index contributed by atoms with van der Waals surface area (Å²) in [7, 11) is 0. The van der Waals surface area contributed by atoms with Crippen LogP contribution in [0.25, 0.3) is 0 Å². The molecule has 4 rings (SSSR count). The molecule has 7 heteroatoms. The smallest absolute Gasteiger partial charge is 0.335 e. The summed E-state index contributed by atoms with van der Waals surface area (Å²) in [4.78, 5) is 25.0. The van der Waals surface area contributed by atoms with Crippen molar-refractivity contribution in [3.05, 3.63) is 94.5 Å². The number of benzene rings is 3. The molecule has 2 N–H and O–H groups in total. The third-order valence-corrected chi connectivity index (χ3v) is 7.65. The van der Waals surface area contributed by atoms with Gasteiger partial charge in [0.05, 0.1) is 12.2 Å². The first kappa shape index (κ1) is 30.1. The van der Waals surface area contributed by atoms with Crippen LogP contribution in [0, 0.1) is 0 Å². The van der Waals surface area contributed by atoms with Gasteiger partial charge in [0.1, 0.15) is 18.1 Å². The van der Waals surface area contributed by atoms with E-state index >= 15 is 0 Å². The minimum Gasteiger partial charge on any atom is -0.493 e. The highest BCUT2D eigenvalue weighted by Gasteiger charge is 2.28. The minimum absolute atomic E-state index is 0.0563. The number of para-hydroxylation sites is 1. The third-order valence-electron chi connectivity index (χ3n) is 7.65. The number of aromatic carboxylic acids is 1. The van der Waals surface area contributed by atoms with Gasteiger partial charge in [-0.2, -0.15) is 0 Å². The normalized spacial score (nSPS) is 14.8. The van der Waals surface area contributed by atoms with Gasteiger partial charge < -0.3 is 19.7 Å². The second-order valence-electron chi connectivity index (χ2n) is 11.7. The second kappa shape index (κ2) is 13.7. The van der Waals surface area contributed by atoms with Crippen molar-refractivity contribution in [3.8, 4) is 11.5 Å². The van der Waals surface area contributed by atoms with Crippen LogP contribution in [0.15, 0.2) is 66.7 Å². The number of carbonyl (C=O) groups is 2. The molecule has 7 nitrogen and oxygen atoms in total. The van der Waals surface area contributed by atoms with Crippen molar-refractivity contribution in [1.29, 1.82) is 0 Å². The molecule has 0 aliphatic carbocycles. The predicted molar refractivity (Wildman–Crippen MR) is 159 cm³/mol. The van der Waals surface area contributed by atoms with Crippen molar-refractivity contribution in [2.24, 2.45) is 0 Å². The van der Waals surface area contributed by atoms with Crippen LogP contribution >= 0.6 is 0 Å². The van der Waals surface area contributed by atoms with E-state index in [1.54, 1.807) is 12.1 Å². The first-order chi connectivity index (χ1) is 19.6. The van der Waals surface area contributed by atoms with Crippen LogP contribution in [0.3, 0.4) is 0 Å². The van der Waals surface area contributed by atoms with E-state index in [2.05, 4.69) is 56.0 Å². The van der Waals surface area contributed by atoms with E-state index in [0.29, 0.717) is 25.4 Å². The molecular weight excluding hydrogens is 518 g/mol. The van der Waals surface area contributed by atoms with Crippen LogP contribution in [-0.2, 0) is 23.2 Å². The fraction of sp³-hybridized carbons (Fsp3) is 0.412. The van der Waals surface area contributed by atoms with E-state index in [9.17, 15) is 14.7 Å². The largest absolute Gasteiger partial charge is 0.493 e. The number of fused-ring (bicyclic) bond motifs is 1. The predicted octanol–water partition coefficient (Wildman–Crippen LogP) is 6.88. The zero-order valence-electron chi connectivity index (χ0n) is 24.3. The van der Waals surface area contributed by atoms with Gasteiger partial charge in [-0.15, -0.1) is 0 Å². The Morgan fingerprint density at radius 3 is 2.44 bits per heavy atom. The average Bonchev–Trinajstić information content (AvgIpc) is 2.95. The zero-order valence-corrected chi connectivity index (χ0v) is 24.3. The number of carboxylic acid groups (broad SMARTS) is 2. The molecule has 1 aliphatic rings. The van der Waals surface area contributed by atoms with Crippen LogP contribution in [0.2, 0.25) is 0 Å². The lowest BCUT2D eigenvalue weighted by Gasteiger charge is -2.36. The molecule has 0 bridgehead atoms. The summed E-state index contributed by atoms with van der Waals surface area (Å²) < 4.78 is 12.1. The lowest BCUT2D eigenvalue weighted by Crippen LogP contribution is -2.35. The first-order valence-electron chi connectivity index (χ1n) is 14.4. The highest BCUT2D eigenvalue weighted by Crippen LogP contribution is 2.37. The van der Waals surface area contributed by atoms with Crippen molar-refractivity contribution in [2.45, 2.75) is 70.9 Å². The maximum atomic E-state index is 11.5.